The van der Waals surface area contributed by atoms with E-state index >= 15 is 0 Å². The zero-order valence-electron chi connectivity index (χ0n) is 19.8. The summed E-state index contributed by atoms with van der Waals surface area (Å²) in [5.41, 5.74) is 2.50. The van der Waals surface area contributed by atoms with Gasteiger partial charge in [0, 0.05) is 12.0 Å². The van der Waals surface area contributed by atoms with Crippen LogP contribution in [0.5, 0.6) is 0 Å². The van der Waals surface area contributed by atoms with E-state index < -0.39 is 26.3 Å². The van der Waals surface area contributed by atoms with Crippen molar-refractivity contribution in [1.82, 2.24) is 0 Å². The van der Waals surface area contributed by atoms with E-state index in [4.69, 9.17) is 9.16 Å². The lowest BCUT2D eigenvalue weighted by Gasteiger charge is -2.46. The lowest BCUT2D eigenvalue weighted by atomic mass is 9.89. The van der Waals surface area contributed by atoms with Crippen LogP contribution < -0.4 is 0 Å². The molecule has 0 aliphatic carbocycles. The van der Waals surface area contributed by atoms with Crippen molar-refractivity contribution in [3.8, 4) is 0 Å². The zero-order valence-corrected chi connectivity index (χ0v) is 20.8. The van der Waals surface area contributed by atoms with E-state index in [9.17, 15) is 9.90 Å². The normalized spacial score (nSPS) is 16.8. The summed E-state index contributed by atoms with van der Waals surface area (Å²) in [4.78, 5) is 11.8. The number of aliphatic carboxylic acids is 1. The first-order chi connectivity index (χ1) is 13.4. The molecule has 0 aromatic heterocycles. The number of hydrogen-bond donors (Lipinski definition) is 1. The third-order valence-electron chi connectivity index (χ3n) is 6.52. The summed E-state index contributed by atoms with van der Waals surface area (Å²) in [6.07, 6.45) is -0.489. The highest BCUT2D eigenvalue weighted by molar-refractivity contribution is 6.77. The molecule has 0 aliphatic rings. The van der Waals surface area contributed by atoms with Crippen molar-refractivity contribution in [3.05, 3.63) is 35.9 Å². The number of benzene rings is 1. The van der Waals surface area contributed by atoms with Crippen molar-refractivity contribution in [2.75, 3.05) is 0 Å². The first kappa shape index (κ1) is 25.9. The van der Waals surface area contributed by atoms with Crippen LogP contribution in [-0.2, 0) is 20.6 Å². The highest BCUT2D eigenvalue weighted by Gasteiger charge is 2.47. The van der Waals surface area contributed by atoms with Crippen LogP contribution in [0.25, 0.3) is 0 Å². The summed E-state index contributed by atoms with van der Waals surface area (Å²) in [6, 6.07) is 9.91. The monoisotopic (exact) mass is 422 g/mol. The lowest BCUT2D eigenvalue weighted by Crippen LogP contribution is -2.52. The van der Waals surface area contributed by atoms with Gasteiger partial charge in [0.25, 0.3) is 0 Å². The van der Waals surface area contributed by atoms with Crippen molar-refractivity contribution in [3.63, 3.8) is 0 Å². The zero-order chi connectivity index (χ0) is 22.4. The van der Waals surface area contributed by atoms with Crippen LogP contribution in [-0.4, -0.2) is 31.6 Å². The standard InChI is InChI=1S/C24H42O4Si/c1-16(2)29(17(3)4,18(5)6)28-21(9)19(7)23(20(8)24(25)26)27-15-22-13-11-10-12-14-22/h10-14,16-21,23H,15H2,1-9H3,(H,25,26)/t19-,20+,21+,23-/m0/s1. The summed E-state index contributed by atoms with van der Waals surface area (Å²) in [7, 11) is -2.05. The maximum atomic E-state index is 11.8. The number of carboxylic acids is 1. The topological polar surface area (TPSA) is 55.8 Å². The first-order valence-electron chi connectivity index (χ1n) is 11.0. The van der Waals surface area contributed by atoms with E-state index in [2.05, 4.69) is 55.4 Å². The van der Waals surface area contributed by atoms with Crippen molar-refractivity contribution in [2.45, 2.75) is 97.8 Å². The molecule has 1 rings (SSSR count). The summed E-state index contributed by atoms with van der Waals surface area (Å²) in [6.45, 7) is 19.9. The van der Waals surface area contributed by atoms with E-state index in [1.54, 1.807) is 6.92 Å². The van der Waals surface area contributed by atoms with Gasteiger partial charge in [0.05, 0.1) is 18.6 Å². The van der Waals surface area contributed by atoms with Crippen LogP contribution in [0.3, 0.4) is 0 Å². The Labute approximate surface area is 179 Å². The maximum absolute atomic E-state index is 11.8. The van der Waals surface area contributed by atoms with Gasteiger partial charge in [-0.1, -0.05) is 78.8 Å². The van der Waals surface area contributed by atoms with Crippen LogP contribution in [0.2, 0.25) is 16.6 Å². The quantitative estimate of drug-likeness (QED) is 0.390. The number of rotatable bonds is 12. The second kappa shape index (κ2) is 11.3. The molecule has 5 heteroatoms. The SMILES string of the molecule is CC(C)[Si](O[C@H](C)[C@H](C)[C@H](OCc1ccccc1)[C@@H](C)C(=O)O)(C(C)C)C(C)C. The van der Waals surface area contributed by atoms with Crippen LogP contribution in [0, 0.1) is 11.8 Å². The number of carboxylic acid groups (broad SMARTS) is 1. The molecule has 4 nitrogen and oxygen atoms in total. The maximum Gasteiger partial charge on any atom is 0.308 e. The molecule has 0 fully saturated rings. The molecule has 0 unspecified atom stereocenters. The van der Waals surface area contributed by atoms with Gasteiger partial charge in [0.2, 0.25) is 8.32 Å². The summed E-state index contributed by atoms with van der Waals surface area (Å²) >= 11 is 0. The van der Waals surface area contributed by atoms with E-state index in [0.717, 1.165) is 5.56 Å². The molecular weight excluding hydrogens is 380 g/mol. The van der Waals surface area contributed by atoms with Crippen LogP contribution in [0.15, 0.2) is 30.3 Å². The Balaban J connectivity index is 3.06. The molecule has 166 valence electrons. The molecule has 1 aromatic carbocycles. The number of ether oxygens (including phenoxy) is 1. The minimum absolute atomic E-state index is 0.0343. The highest BCUT2D eigenvalue weighted by Crippen LogP contribution is 2.44. The van der Waals surface area contributed by atoms with Gasteiger partial charge in [-0.25, -0.2) is 0 Å². The fourth-order valence-corrected chi connectivity index (χ4v) is 10.4. The molecule has 4 atom stereocenters. The van der Waals surface area contributed by atoms with Gasteiger partial charge in [-0.05, 0) is 36.0 Å². The molecule has 1 N–H and O–H groups in total. The van der Waals surface area contributed by atoms with Crippen molar-refractivity contribution < 1.29 is 19.1 Å². The van der Waals surface area contributed by atoms with Gasteiger partial charge < -0.3 is 14.3 Å². The minimum Gasteiger partial charge on any atom is -0.481 e. The molecule has 0 saturated heterocycles. The lowest BCUT2D eigenvalue weighted by molar-refractivity contribution is -0.151. The third-order valence-corrected chi connectivity index (χ3v) is 12.7. The smallest absolute Gasteiger partial charge is 0.308 e. The van der Waals surface area contributed by atoms with Gasteiger partial charge in [0.1, 0.15) is 0 Å². The Morgan fingerprint density at radius 1 is 0.897 bits per heavy atom. The molecule has 0 bridgehead atoms. The molecule has 0 aliphatic heterocycles. The van der Waals surface area contributed by atoms with Crippen LogP contribution in [0.1, 0.15) is 67.9 Å². The summed E-state index contributed by atoms with van der Waals surface area (Å²) < 4.78 is 13.1. The average molecular weight is 423 g/mol. The van der Waals surface area contributed by atoms with Crippen molar-refractivity contribution >= 4 is 14.3 Å². The van der Waals surface area contributed by atoms with Crippen molar-refractivity contribution in [1.29, 1.82) is 0 Å². The minimum atomic E-state index is -2.05. The highest BCUT2D eigenvalue weighted by atomic mass is 28.4. The Morgan fingerprint density at radius 2 is 1.38 bits per heavy atom. The average Bonchev–Trinajstić information content (AvgIpc) is 2.65. The largest absolute Gasteiger partial charge is 0.481 e. The van der Waals surface area contributed by atoms with E-state index in [-0.39, 0.29) is 12.0 Å². The molecule has 0 heterocycles. The predicted octanol–water partition coefficient (Wildman–Crippen LogP) is 6.51. The predicted molar refractivity (Wildman–Crippen MR) is 123 cm³/mol. The van der Waals surface area contributed by atoms with Gasteiger partial charge in [-0.15, -0.1) is 0 Å². The van der Waals surface area contributed by atoms with Crippen LogP contribution in [0.4, 0.5) is 0 Å². The van der Waals surface area contributed by atoms with Gasteiger partial charge in [0.15, 0.2) is 0 Å². The second-order valence-corrected chi connectivity index (χ2v) is 14.8. The molecule has 0 amide bonds. The van der Waals surface area contributed by atoms with E-state index in [1.807, 2.05) is 30.3 Å². The van der Waals surface area contributed by atoms with Gasteiger partial charge >= 0.3 is 5.97 Å². The fourth-order valence-electron chi connectivity index (χ4n) is 4.76. The Kier molecular flexibility index (Phi) is 10.1. The molecule has 29 heavy (non-hydrogen) atoms. The second-order valence-electron chi connectivity index (χ2n) is 9.39. The Bertz CT molecular complexity index is 593. The van der Waals surface area contributed by atoms with E-state index in [1.165, 1.54) is 0 Å². The first-order valence-corrected chi connectivity index (χ1v) is 13.1. The van der Waals surface area contributed by atoms with Crippen LogP contribution >= 0.6 is 0 Å². The molecule has 0 saturated carbocycles. The van der Waals surface area contributed by atoms with Crippen molar-refractivity contribution in [2.24, 2.45) is 11.8 Å². The molecular formula is C24H42O4Si. The van der Waals surface area contributed by atoms with E-state index in [0.29, 0.717) is 23.2 Å². The summed E-state index contributed by atoms with van der Waals surface area (Å²) in [5.74, 6) is -1.47. The van der Waals surface area contributed by atoms with Gasteiger partial charge in [-0.3, -0.25) is 4.79 Å². The number of hydrogen-bond acceptors (Lipinski definition) is 3. The summed E-state index contributed by atoms with van der Waals surface area (Å²) in [5, 5.41) is 9.67. The molecule has 0 radical (unpaired) electrons. The molecule has 1 aromatic rings. The van der Waals surface area contributed by atoms with Gasteiger partial charge in [-0.2, -0.15) is 0 Å². The Hall–Kier alpha value is -1.17. The Morgan fingerprint density at radius 3 is 1.79 bits per heavy atom. The fraction of sp³-hybridized carbons (Fsp3) is 0.708. The molecule has 0 spiro atoms. The number of carbonyl (C=O) groups is 1. The third kappa shape index (κ3) is 6.40.